The van der Waals surface area contributed by atoms with Gasteiger partial charge in [0.1, 0.15) is 6.42 Å². The molecule has 0 heterocycles. The molecule has 4 nitrogen and oxygen atoms in total. The number of carboxylic acids is 2. The zero-order valence-electron chi connectivity index (χ0n) is 8.53. The molecule has 76 valence electrons. The van der Waals surface area contributed by atoms with Crippen molar-refractivity contribution in [2.45, 2.75) is 43.1 Å². The molecule has 0 bridgehead atoms. The summed E-state index contributed by atoms with van der Waals surface area (Å²) in [5.74, 6) is -2.62. The summed E-state index contributed by atoms with van der Waals surface area (Å²) in [6.45, 7) is 0. The van der Waals surface area contributed by atoms with E-state index in [2.05, 4.69) is 17.7 Å². The van der Waals surface area contributed by atoms with E-state index in [-0.39, 0.29) is 0 Å². The van der Waals surface area contributed by atoms with Gasteiger partial charge < -0.3 is 10.2 Å². The van der Waals surface area contributed by atoms with Crippen LogP contribution in [0.4, 0.5) is 0 Å². The number of rotatable bonds is 2. The molecule has 5 heteroatoms. The van der Waals surface area contributed by atoms with Crippen molar-refractivity contribution in [3.05, 3.63) is 0 Å². The van der Waals surface area contributed by atoms with Crippen LogP contribution in [0, 0.1) is 0 Å². The molecule has 0 amide bonds. The first kappa shape index (κ1) is 13.5. The van der Waals surface area contributed by atoms with Gasteiger partial charge in [0.25, 0.3) is 0 Å². The minimum atomic E-state index is -1.31. The predicted molar refractivity (Wildman–Crippen MR) is 52.5 cm³/mol. The van der Waals surface area contributed by atoms with Gasteiger partial charge in [0.05, 0.1) is 0 Å². The van der Waals surface area contributed by atoms with E-state index >= 15 is 0 Å². The second kappa shape index (κ2) is 7.90. The average molecular weight is 194 g/mol. The summed E-state index contributed by atoms with van der Waals surface area (Å²) in [6, 6.07) is 0. The Morgan fingerprint density at radius 1 is 1.07 bits per heavy atom. The van der Waals surface area contributed by atoms with E-state index < -0.39 is 18.4 Å². The molecule has 0 unspecified atom stereocenters. The quantitative estimate of drug-likeness (QED) is 0.515. The van der Waals surface area contributed by atoms with Crippen LogP contribution in [0.25, 0.3) is 0 Å². The van der Waals surface area contributed by atoms with Gasteiger partial charge in [-0.25, -0.2) is 0 Å². The van der Waals surface area contributed by atoms with E-state index in [0.29, 0.717) is 0 Å². The Bertz CT molecular complexity index is 175. The molecule has 0 aliphatic heterocycles. The van der Waals surface area contributed by atoms with Crippen molar-refractivity contribution in [1.82, 2.24) is 0 Å². The summed E-state index contributed by atoms with van der Waals surface area (Å²) in [7, 11) is 0. The Kier molecular flexibility index (Phi) is 7.64. The number of hydrogen-bond donors (Lipinski definition) is 2. The molecule has 14 heavy (non-hydrogen) atoms. The fourth-order valence-electron chi connectivity index (χ4n) is 1.44. The van der Waals surface area contributed by atoms with Gasteiger partial charge in [-0.05, 0) is 0 Å². The molecule has 0 radical (unpaired) electrons. The zero-order valence-corrected chi connectivity index (χ0v) is 8.53. The van der Waals surface area contributed by atoms with Crippen LogP contribution >= 0.6 is 0 Å². The van der Waals surface area contributed by atoms with E-state index in [1.165, 1.54) is 32.1 Å². The summed E-state index contributed by atoms with van der Waals surface area (Å²) in [5, 5.41) is 15.4. The van der Waals surface area contributed by atoms with Crippen LogP contribution in [0.1, 0.15) is 38.5 Å². The summed E-state index contributed by atoms with van der Waals surface area (Å²) in [5.41, 5.74) is 0. The summed E-state index contributed by atoms with van der Waals surface area (Å²) < 4.78 is 1.04. The molecule has 0 spiro atoms. The van der Waals surface area contributed by atoms with Crippen molar-refractivity contribution in [2.24, 2.45) is 0 Å². The molecule has 0 atom stereocenters. The second-order valence-electron chi connectivity index (χ2n) is 3.71. The SMILES string of the molecule is O=C(O)CC(=O)O.[Li][CH]1CCCCC1. The molecular formula is C9H15LiO4. The Hall–Kier alpha value is -0.463. The molecule has 1 aliphatic rings. The first-order chi connectivity index (χ1) is 6.52. The van der Waals surface area contributed by atoms with Crippen LogP contribution in [-0.4, -0.2) is 39.9 Å². The van der Waals surface area contributed by atoms with Gasteiger partial charge in [0, 0.05) is 0 Å². The van der Waals surface area contributed by atoms with Gasteiger partial charge >= 0.3 is 66.3 Å². The molecule has 2 N–H and O–H groups in total. The van der Waals surface area contributed by atoms with Gasteiger partial charge in [-0.1, -0.05) is 0 Å². The van der Waals surface area contributed by atoms with Crippen LogP contribution in [-0.2, 0) is 9.59 Å². The zero-order chi connectivity index (χ0) is 11.0. The number of hydrogen-bond acceptors (Lipinski definition) is 2. The molecule has 0 aromatic carbocycles. The monoisotopic (exact) mass is 194 g/mol. The third-order valence-electron chi connectivity index (χ3n) is 2.20. The van der Waals surface area contributed by atoms with E-state index in [1.54, 1.807) is 0 Å². The van der Waals surface area contributed by atoms with Gasteiger partial charge in [-0.2, -0.15) is 0 Å². The molecule has 1 saturated carbocycles. The van der Waals surface area contributed by atoms with Crippen LogP contribution in [0.3, 0.4) is 0 Å². The first-order valence-electron chi connectivity index (χ1n) is 4.96. The first-order valence-corrected chi connectivity index (χ1v) is 4.96. The van der Waals surface area contributed by atoms with E-state index in [9.17, 15) is 9.59 Å². The number of carbonyl (C=O) groups is 2. The van der Waals surface area contributed by atoms with E-state index in [1.807, 2.05) is 0 Å². The van der Waals surface area contributed by atoms with Crippen molar-refractivity contribution in [3.63, 3.8) is 0 Å². The Labute approximate surface area is 92.9 Å². The van der Waals surface area contributed by atoms with Crippen molar-refractivity contribution in [2.75, 3.05) is 0 Å². The molecule has 1 rings (SSSR count). The summed E-state index contributed by atoms with van der Waals surface area (Å²) >= 11 is 2.36. The topological polar surface area (TPSA) is 74.6 Å². The van der Waals surface area contributed by atoms with Crippen molar-refractivity contribution in [1.29, 1.82) is 0 Å². The van der Waals surface area contributed by atoms with Crippen molar-refractivity contribution < 1.29 is 19.8 Å². The fraction of sp³-hybridized carbons (Fsp3) is 0.778. The van der Waals surface area contributed by atoms with Gasteiger partial charge in [-0.15, -0.1) is 0 Å². The standard InChI is InChI=1S/C6H11.C3H4O4.Li/c1-2-4-6-5-3-1;4-2(5)1-3(6)7;/h1H,2-6H2;1H2,(H,4,5)(H,6,7);. The molecule has 0 aromatic heterocycles. The normalized spacial score (nSPS) is 16.7. The van der Waals surface area contributed by atoms with Gasteiger partial charge in [0.2, 0.25) is 0 Å². The Morgan fingerprint density at radius 3 is 1.64 bits per heavy atom. The predicted octanol–water partition coefficient (Wildman–Crippen LogP) is 1.45. The van der Waals surface area contributed by atoms with Gasteiger partial charge in [-0.3, -0.25) is 9.59 Å². The molecule has 1 aliphatic carbocycles. The molecular weight excluding hydrogens is 179 g/mol. The van der Waals surface area contributed by atoms with E-state index in [4.69, 9.17) is 10.2 Å². The average Bonchev–Trinajstić information content (AvgIpc) is 2.03. The van der Waals surface area contributed by atoms with Crippen molar-refractivity contribution in [3.8, 4) is 0 Å². The maximum absolute atomic E-state index is 9.43. The number of aliphatic carboxylic acids is 2. The van der Waals surface area contributed by atoms with Crippen molar-refractivity contribution >= 4 is 29.7 Å². The van der Waals surface area contributed by atoms with Crippen LogP contribution < -0.4 is 0 Å². The maximum atomic E-state index is 9.43. The van der Waals surface area contributed by atoms with Gasteiger partial charge in [0.15, 0.2) is 0 Å². The summed E-state index contributed by atoms with van der Waals surface area (Å²) in [6.07, 6.45) is 6.63. The Morgan fingerprint density at radius 2 is 1.50 bits per heavy atom. The van der Waals surface area contributed by atoms with Crippen LogP contribution in [0.5, 0.6) is 0 Å². The molecule has 1 fully saturated rings. The van der Waals surface area contributed by atoms with E-state index in [0.717, 1.165) is 4.59 Å². The fourth-order valence-corrected chi connectivity index (χ4v) is 1.44. The molecule has 0 aromatic rings. The third kappa shape index (κ3) is 9.62. The van der Waals surface area contributed by atoms with Crippen LogP contribution in [0.2, 0.25) is 4.59 Å². The third-order valence-corrected chi connectivity index (χ3v) is 2.20. The Balaban J connectivity index is 0.000000241. The summed E-state index contributed by atoms with van der Waals surface area (Å²) in [4.78, 5) is 18.9. The number of carboxylic acid groups (broad SMARTS) is 2. The second-order valence-corrected chi connectivity index (χ2v) is 3.71. The van der Waals surface area contributed by atoms with Crippen LogP contribution in [0.15, 0.2) is 0 Å². The minimum absolute atomic E-state index is 0.806. The molecule has 0 saturated heterocycles.